The first-order valence-corrected chi connectivity index (χ1v) is 10.5. The zero-order valence-electron chi connectivity index (χ0n) is 17.8. The third-order valence-corrected chi connectivity index (χ3v) is 6.11. The third kappa shape index (κ3) is 4.65. The van der Waals surface area contributed by atoms with Gasteiger partial charge in [-0.3, -0.25) is 9.59 Å². The molecule has 0 bridgehead atoms. The van der Waals surface area contributed by atoms with Crippen molar-refractivity contribution in [3.05, 3.63) is 59.4 Å². The van der Waals surface area contributed by atoms with Crippen molar-refractivity contribution in [3.63, 3.8) is 0 Å². The minimum atomic E-state index is -0.413. The monoisotopic (exact) mass is 426 g/mol. The average Bonchev–Trinajstić information content (AvgIpc) is 3.55. The van der Waals surface area contributed by atoms with E-state index in [-0.39, 0.29) is 29.5 Å². The maximum atomic E-state index is 13.2. The van der Waals surface area contributed by atoms with Gasteiger partial charge in [-0.15, -0.1) is 0 Å². The van der Waals surface area contributed by atoms with Crippen molar-refractivity contribution in [2.75, 3.05) is 27.3 Å². The van der Waals surface area contributed by atoms with Crippen LogP contribution in [0.3, 0.4) is 0 Å². The lowest BCUT2D eigenvalue weighted by molar-refractivity contribution is -0.132. The van der Waals surface area contributed by atoms with Crippen LogP contribution >= 0.6 is 0 Å². The molecule has 0 spiro atoms. The summed E-state index contributed by atoms with van der Waals surface area (Å²) in [6.07, 6.45) is 1.84. The number of amides is 2. The largest absolute Gasteiger partial charge is 0.497 e. The van der Waals surface area contributed by atoms with Crippen LogP contribution in [-0.4, -0.2) is 44.0 Å². The highest BCUT2D eigenvalue weighted by atomic mass is 19.1. The maximum Gasteiger partial charge on any atom is 0.225 e. The Kier molecular flexibility index (Phi) is 6.11. The summed E-state index contributed by atoms with van der Waals surface area (Å²) >= 11 is 0. The molecular weight excluding hydrogens is 399 g/mol. The number of nitrogens with zero attached hydrogens (tertiary/aromatic N) is 1. The molecule has 1 aliphatic heterocycles. The summed E-state index contributed by atoms with van der Waals surface area (Å²) < 4.78 is 24.1. The van der Waals surface area contributed by atoms with Crippen LogP contribution in [-0.2, 0) is 16.1 Å². The molecule has 6 nitrogen and oxygen atoms in total. The number of halogens is 1. The smallest absolute Gasteiger partial charge is 0.225 e. The van der Waals surface area contributed by atoms with E-state index >= 15 is 0 Å². The van der Waals surface area contributed by atoms with E-state index in [0.717, 1.165) is 24.0 Å². The second kappa shape index (κ2) is 8.96. The first-order valence-electron chi connectivity index (χ1n) is 10.5. The fraction of sp³-hybridized carbons (Fsp3) is 0.417. The lowest BCUT2D eigenvalue weighted by atomic mass is 9.87. The number of carbonyl (C=O) groups is 2. The molecule has 2 aromatic carbocycles. The van der Waals surface area contributed by atoms with E-state index in [2.05, 4.69) is 5.32 Å². The van der Waals surface area contributed by atoms with Crippen molar-refractivity contribution < 1.29 is 23.5 Å². The number of hydrogen-bond donors (Lipinski definition) is 1. The molecule has 1 N–H and O–H groups in total. The van der Waals surface area contributed by atoms with E-state index in [1.807, 2.05) is 23.1 Å². The molecular formula is C24H27FN2O4. The molecule has 164 valence electrons. The van der Waals surface area contributed by atoms with Crippen LogP contribution in [0.5, 0.6) is 11.5 Å². The molecule has 2 amide bonds. The van der Waals surface area contributed by atoms with Gasteiger partial charge in [0.05, 0.1) is 20.1 Å². The predicted octanol–water partition coefficient (Wildman–Crippen LogP) is 3.11. The van der Waals surface area contributed by atoms with Crippen molar-refractivity contribution in [3.8, 4) is 11.5 Å². The topological polar surface area (TPSA) is 67.9 Å². The van der Waals surface area contributed by atoms with E-state index < -0.39 is 5.92 Å². The summed E-state index contributed by atoms with van der Waals surface area (Å²) in [5, 5.41) is 2.96. The van der Waals surface area contributed by atoms with Gasteiger partial charge in [0.1, 0.15) is 17.3 Å². The predicted molar refractivity (Wildman–Crippen MR) is 113 cm³/mol. The number of nitrogens with one attached hydrogen (secondary N) is 1. The van der Waals surface area contributed by atoms with Crippen LogP contribution in [0.15, 0.2) is 42.5 Å². The molecule has 2 aromatic rings. The lowest BCUT2D eigenvalue weighted by Gasteiger charge is -2.21. The van der Waals surface area contributed by atoms with Gasteiger partial charge in [0.15, 0.2) is 0 Å². The van der Waals surface area contributed by atoms with E-state index in [1.54, 1.807) is 26.4 Å². The lowest BCUT2D eigenvalue weighted by Crippen LogP contribution is -2.35. The fourth-order valence-electron chi connectivity index (χ4n) is 4.20. The Morgan fingerprint density at radius 2 is 1.81 bits per heavy atom. The molecule has 2 atom stereocenters. The molecule has 2 fully saturated rings. The summed E-state index contributed by atoms with van der Waals surface area (Å²) in [6, 6.07) is 11.6. The molecule has 31 heavy (non-hydrogen) atoms. The normalized spacial score (nSPS) is 20.4. The highest BCUT2D eigenvalue weighted by Crippen LogP contribution is 2.41. The van der Waals surface area contributed by atoms with Gasteiger partial charge >= 0.3 is 0 Å². The summed E-state index contributed by atoms with van der Waals surface area (Å²) in [5.41, 5.74) is 1.67. The van der Waals surface area contributed by atoms with Gasteiger partial charge in [-0.25, -0.2) is 4.39 Å². The number of carbonyl (C=O) groups excluding carboxylic acids is 2. The summed E-state index contributed by atoms with van der Waals surface area (Å²) in [6.45, 7) is 1.14. The molecule has 1 heterocycles. The second-order valence-electron chi connectivity index (χ2n) is 8.18. The number of likely N-dealkylation sites (tertiary alicyclic amines) is 1. The number of hydrogen-bond acceptors (Lipinski definition) is 4. The Balaban J connectivity index is 1.57. The van der Waals surface area contributed by atoms with Crippen molar-refractivity contribution in [2.24, 2.45) is 11.8 Å². The highest BCUT2D eigenvalue weighted by molar-refractivity contribution is 5.85. The summed E-state index contributed by atoms with van der Waals surface area (Å²) in [5.74, 6) is 0.492. The molecule has 4 rings (SSSR count). The van der Waals surface area contributed by atoms with E-state index in [9.17, 15) is 14.0 Å². The van der Waals surface area contributed by atoms with Crippen molar-refractivity contribution in [1.82, 2.24) is 10.2 Å². The SMILES string of the molecule is COc1ccc(OC)c(C2CN(C(=O)C3CC3)CC2C(=O)NCc2ccc(F)cc2)c1. The van der Waals surface area contributed by atoms with Gasteiger partial charge in [0.2, 0.25) is 11.8 Å². The standard InChI is InChI=1S/C24H27FN2O4/c1-30-18-9-10-22(31-2)19(11-18)20-13-27(24(29)16-5-6-16)14-21(20)23(28)26-12-15-3-7-17(25)8-4-15/h3-4,7-11,16,20-21H,5-6,12-14H2,1-2H3,(H,26,28). The zero-order chi connectivity index (χ0) is 22.0. The number of rotatable bonds is 7. The maximum absolute atomic E-state index is 13.2. The first kappa shape index (κ1) is 21.2. The number of ether oxygens (including phenoxy) is 2. The van der Waals surface area contributed by atoms with Crippen molar-refractivity contribution in [2.45, 2.75) is 25.3 Å². The molecule has 1 saturated heterocycles. The van der Waals surface area contributed by atoms with Crippen LogP contribution in [0.1, 0.15) is 29.9 Å². The summed E-state index contributed by atoms with van der Waals surface area (Å²) in [7, 11) is 3.19. The molecule has 2 aliphatic rings. The molecule has 2 unspecified atom stereocenters. The van der Waals surface area contributed by atoms with Gasteiger partial charge in [-0.1, -0.05) is 12.1 Å². The van der Waals surface area contributed by atoms with E-state index in [1.165, 1.54) is 12.1 Å². The Labute approximate surface area is 181 Å². The van der Waals surface area contributed by atoms with E-state index in [0.29, 0.717) is 31.1 Å². The molecule has 0 aromatic heterocycles. The highest BCUT2D eigenvalue weighted by Gasteiger charge is 2.44. The van der Waals surface area contributed by atoms with Crippen LogP contribution in [0.2, 0.25) is 0 Å². The number of benzene rings is 2. The first-order chi connectivity index (χ1) is 15.0. The summed E-state index contributed by atoms with van der Waals surface area (Å²) in [4.78, 5) is 27.7. The van der Waals surface area contributed by atoms with Gasteiger partial charge in [0.25, 0.3) is 0 Å². The van der Waals surface area contributed by atoms with Crippen LogP contribution in [0, 0.1) is 17.7 Å². The van der Waals surface area contributed by atoms with Crippen LogP contribution in [0.4, 0.5) is 4.39 Å². The van der Waals surface area contributed by atoms with Gasteiger partial charge in [0, 0.05) is 37.0 Å². The molecule has 0 radical (unpaired) electrons. The van der Waals surface area contributed by atoms with Crippen molar-refractivity contribution >= 4 is 11.8 Å². The Hall–Kier alpha value is -3.09. The fourth-order valence-corrected chi connectivity index (χ4v) is 4.20. The van der Waals surface area contributed by atoms with Crippen molar-refractivity contribution in [1.29, 1.82) is 0 Å². The minimum Gasteiger partial charge on any atom is -0.497 e. The molecule has 1 aliphatic carbocycles. The third-order valence-electron chi connectivity index (χ3n) is 6.11. The second-order valence-corrected chi connectivity index (χ2v) is 8.18. The molecule has 7 heteroatoms. The average molecular weight is 426 g/mol. The van der Waals surface area contributed by atoms with Crippen LogP contribution < -0.4 is 14.8 Å². The molecule has 1 saturated carbocycles. The van der Waals surface area contributed by atoms with E-state index in [4.69, 9.17) is 9.47 Å². The minimum absolute atomic E-state index is 0.0916. The van der Waals surface area contributed by atoms with Gasteiger partial charge in [-0.2, -0.15) is 0 Å². The van der Waals surface area contributed by atoms with Gasteiger partial charge < -0.3 is 19.7 Å². The Morgan fingerprint density at radius 3 is 2.45 bits per heavy atom. The van der Waals surface area contributed by atoms with Gasteiger partial charge in [-0.05, 0) is 48.7 Å². The Morgan fingerprint density at radius 1 is 1.06 bits per heavy atom. The quantitative estimate of drug-likeness (QED) is 0.739. The Bertz CT molecular complexity index is 959. The van der Waals surface area contributed by atoms with Crippen LogP contribution in [0.25, 0.3) is 0 Å². The zero-order valence-corrected chi connectivity index (χ0v) is 17.8. The number of methoxy groups -OCH3 is 2.